The van der Waals surface area contributed by atoms with Crippen LogP contribution in [-0.2, 0) is 0 Å². The minimum absolute atomic E-state index is 0.145. The van der Waals surface area contributed by atoms with E-state index >= 15 is 0 Å². The second-order valence-electron chi connectivity index (χ2n) is 4.35. The van der Waals surface area contributed by atoms with Crippen molar-refractivity contribution < 1.29 is 0 Å². The average molecular weight is 269 g/mol. The largest absolute Gasteiger partial charge is 0.285 e. The van der Waals surface area contributed by atoms with Crippen LogP contribution in [0.3, 0.4) is 0 Å². The molecule has 0 spiro atoms. The number of aliphatic imine (C=N–C) groups is 1. The fourth-order valence-corrected chi connectivity index (χ4v) is 2.96. The van der Waals surface area contributed by atoms with Gasteiger partial charge in [0.25, 0.3) is 0 Å². The van der Waals surface area contributed by atoms with Gasteiger partial charge in [0.15, 0.2) is 0 Å². The van der Waals surface area contributed by atoms with Crippen molar-refractivity contribution in [1.29, 1.82) is 0 Å². The summed E-state index contributed by atoms with van der Waals surface area (Å²) in [4.78, 5) is 10.2. The third kappa shape index (κ3) is 3.22. The molecule has 3 nitrogen and oxygen atoms in total. The zero-order valence-corrected chi connectivity index (χ0v) is 11.3. The number of pyridine rings is 1. The number of benzene rings is 1. The molecule has 96 valence electrons. The summed E-state index contributed by atoms with van der Waals surface area (Å²) in [5.74, 6) is 0. The van der Waals surface area contributed by atoms with Gasteiger partial charge in [-0.25, -0.2) is 4.31 Å². The Morgan fingerprint density at radius 2 is 1.89 bits per heavy atom. The second-order valence-corrected chi connectivity index (χ2v) is 5.52. The first kappa shape index (κ1) is 12.4. The fraction of sp³-hybridized carbons (Fsp3) is 0.200. The van der Waals surface area contributed by atoms with E-state index < -0.39 is 0 Å². The zero-order valence-electron chi connectivity index (χ0n) is 10.5. The van der Waals surface area contributed by atoms with Crippen molar-refractivity contribution in [3.05, 3.63) is 60.4 Å². The normalized spacial score (nSPS) is 19.5. The van der Waals surface area contributed by atoms with Crippen molar-refractivity contribution in [2.75, 3.05) is 13.1 Å². The predicted molar refractivity (Wildman–Crippen MR) is 79.3 cm³/mol. The Morgan fingerprint density at radius 3 is 2.68 bits per heavy atom. The van der Waals surface area contributed by atoms with Gasteiger partial charge >= 0.3 is 0 Å². The van der Waals surface area contributed by atoms with E-state index in [1.54, 1.807) is 11.9 Å². The van der Waals surface area contributed by atoms with Gasteiger partial charge < -0.3 is 0 Å². The lowest BCUT2D eigenvalue weighted by Crippen LogP contribution is -2.28. The highest BCUT2D eigenvalue weighted by atomic mass is 32.2. The minimum Gasteiger partial charge on any atom is -0.285 e. The van der Waals surface area contributed by atoms with Crippen molar-refractivity contribution >= 4 is 18.2 Å². The van der Waals surface area contributed by atoms with Crippen molar-refractivity contribution in [3.63, 3.8) is 0 Å². The Labute approximate surface area is 117 Å². The van der Waals surface area contributed by atoms with Crippen molar-refractivity contribution in [2.24, 2.45) is 4.99 Å². The Bertz CT molecular complexity index is 542. The molecule has 1 atom stereocenters. The Hall–Kier alpha value is -1.65. The second kappa shape index (κ2) is 5.99. The van der Waals surface area contributed by atoms with Gasteiger partial charge in [-0.3, -0.25) is 9.98 Å². The highest BCUT2D eigenvalue weighted by molar-refractivity contribution is 7.97. The molecule has 0 saturated carbocycles. The van der Waals surface area contributed by atoms with Crippen LogP contribution >= 0.6 is 11.9 Å². The number of aromatic nitrogens is 1. The highest BCUT2D eigenvalue weighted by Gasteiger charge is 2.19. The molecule has 0 saturated heterocycles. The van der Waals surface area contributed by atoms with Crippen LogP contribution in [-0.4, -0.2) is 28.6 Å². The van der Waals surface area contributed by atoms with Gasteiger partial charge in [0, 0.05) is 30.4 Å². The zero-order chi connectivity index (χ0) is 12.9. The maximum Gasteiger partial charge on any atom is 0.105 e. The lowest BCUT2D eigenvalue weighted by molar-refractivity contribution is 0.456. The van der Waals surface area contributed by atoms with Crippen LogP contribution < -0.4 is 0 Å². The number of rotatable bonds is 3. The SMILES string of the molecule is C1=NC(c2ccccn2)CN(Sc2ccccc2)C1. The molecule has 1 aromatic carbocycles. The maximum absolute atomic E-state index is 4.55. The molecule has 0 amide bonds. The van der Waals surface area contributed by atoms with Gasteiger partial charge in [0.05, 0.1) is 5.69 Å². The molecule has 0 bridgehead atoms. The van der Waals surface area contributed by atoms with Crippen LogP contribution in [0.15, 0.2) is 64.6 Å². The van der Waals surface area contributed by atoms with Crippen molar-refractivity contribution in [1.82, 2.24) is 9.29 Å². The Balaban J connectivity index is 1.69. The molecular formula is C15H15N3S. The van der Waals surface area contributed by atoms with Gasteiger partial charge in [0.2, 0.25) is 0 Å². The Morgan fingerprint density at radius 1 is 1.05 bits per heavy atom. The van der Waals surface area contributed by atoms with Crippen LogP contribution in [0.2, 0.25) is 0 Å². The summed E-state index contributed by atoms with van der Waals surface area (Å²) in [5, 5.41) is 0. The smallest absolute Gasteiger partial charge is 0.105 e. The molecule has 1 aliphatic heterocycles. The summed E-state index contributed by atoms with van der Waals surface area (Å²) in [5.41, 5.74) is 1.04. The molecule has 2 heterocycles. The standard InChI is InChI=1S/C15H15N3S/c1-2-6-13(7-3-1)19-18-11-10-17-15(12-18)14-8-4-5-9-16-14/h1-10,15H,11-12H2. The molecule has 3 rings (SSSR count). The molecule has 0 fully saturated rings. The monoisotopic (exact) mass is 269 g/mol. The number of hydrogen-bond acceptors (Lipinski definition) is 4. The van der Waals surface area contributed by atoms with E-state index in [2.05, 4.69) is 38.5 Å². The van der Waals surface area contributed by atoms with E-state index in [-0.39, 0.29) is 6.04 Å². The summed E-state index contributed by atoms with van der Waals surface area (Å²) < 4.78 is 2.32. The topological polar surface area (TPSA) is 28.5 Å². The molecule has 1 aromatic heterocycles. The van der Waals surface area contributed by atoms with Gasteiger partial charge in [-0.1, -0.05) is 24.3 Å². The van der Waals surface area contributed by atoms with E-state index in [1.165, 1.54) is 4.90 Å². The number of nitrogens with zero attached hydrogens (tertiary/aromatic N) is 3. The molecule has 4 heteroatoms. The lowest BCUT2D eigenvalue weighted by atomic mass is 10.2. The average Bonchev–Trinajstić information content (AvgIpc) is 2.49. The van der Waals surface area contributed by atoms with Gasteiger partial charge in [0.1, 0.15) is 6.04 Å². The molecule has 1 aliphatic rings. The predicted octanol–water partition coefficient (Wildman–Crippen LogP) is 3.22. The quantitative estimate of drug-likeness (QED) is 0.801. The molecule has 0 aliphatic carbocycles. The minimum atomic E-state index is 0.145. The lowest BCUT2D eigenvalue weighted by Gasteiger charge is -2.26. The summed E-state index contributed by atoms with van der Waals surface area (Å²) >= 11 is 1.78. The molecule has 19 heavy (non-hydrogen) atoms. The van der Waals surface area contributed by atoms with E-state index in [0.717, 1.165) is 18.8 Å². The van der Waals surface area contributed by atoms with Crippen LogP contribution in [0.5, 0.6) is 0 Å². The van der Waals surface area contributed by atoms with E-state index in [4.69, 9.17) is 0 Å². The van der Waals surface area contributed by atoms with Crippen molar-refractivity contribution in [2.45, 2.75) is 10.9 Å². The fourth-order valence-electron chi connectivity index (χ4n) is 2.03. The van der Waals surface area contributed by atoms with Crippen LogP contribution in [0.1, 0.15) is 11.7 Å². The van der Waals surface area contributed by atoms with Crippen LogP contribution in [0, 0.1) is 0 Å². The van der Waals surface area contributed by atoms with Crippen LogP contribution in [0.4, 0.5) is 0 Å². The third-order valence-electron chi connectivity index (χ3n) is 2.95. The molecule has 1 unspecified atom stereocenters. The van der Waals surface area contributed by atoms with Gasteiger partial charge in [-0.2, -0.15) is 0 Å². The van der Waals surface area contributed by atoms with E-state index in [9.17, 15) is 0 Å². The maximum atomic E-state index is 4.55. The summed E-state index contributed by atoms with van der Waals surface area (Å²) in [6.45, 7) is 1.77. The Kier molecular flexibility index (Phi) is 3.91. The summed E-state index contributed by atoms with van der Waals surface area (Å²) in [6, 6.07) is 16.6. The van der Waals surface area contributed by atoms with Gasteiger partial charge in [-0.05, 0) is 36.2 Å². The van der Waals surface area contributed by atoms with E-state index in [1.807, 2.05) is 36.7 Å². The van der Waals surface area contributed by atoms with Crippen molar-refractivity contribution in [3.8, 4) is 0 Å². The first-order valence-corrected chi connectivity index (χ1v) is 7.10. The van der Waals surface area contributed by atoms with E-state index in [0.29, 0.717) is 0 Å². The first-order valence-electron chi connectivity index (χ1n) is 6.32. The molecular weight excluding hydrogens is 254 g/mol. The summed E-state index contributed by atoms with van der Waals surface area (Å²) in [6.07, 6.45) is 3.81. The first-order chi connectivity index (χ1) is 9.42. The molecule has 0 radical (unpaired) electrons. The van der Waals surface area contributed by atoms with Gasteiger partial charge in [-0.15, -0.1) is 0 Å². The summed E-state index contributed by atoms with van der Waals surface area (Å²) in [7, 11) is 0. The molecule has 0 N–H and O–H groups in total. The number of hydrogen-bond donors (Lipinski definition) is 0. The highest BCUT2D eigenvalue weighted by Crippen LogP contribution is 2.27. The molecule has 2 aromatic rings. The van der Waals surface area contributed by atoms with Crippen LogP contribution in [0.25, 0.3) is 0 Å². The third-order valence-corrected chi connectivity index (χ3v) is 3.99.